The van der Waals surface area contributed by atoms with Gasteiger partial charge in [-0.15, -0.1) is 0 Å². The molecule has 5 rings (SSSR count). The van der Waals surface area contributed by atoms with Crippen molar-refractivity contribution in [1.82, 2.24) is 5.32 Å². The second-order valence-corrected chi connectivity index (χ2v) is 11.6. The van der Waals surface area contributed by atoms with E-state index in [0.717, 1.165) is 21.3 Å². The van der Waals surface area contributed by atoms with Crippen LogP contribution in [0.4, 0.5) is 5.69 Å². The van der Waals surface area contributed by atoms with Crippen molar-refractivity contribution in [3.05, 3.63) is 134 Å². The summed E-state index contributed by atoms with van der Waals surface area (Å²) in [6, 6.07) is 29.7. The normalized spacial score (nSPS) is 16.9. The van der Waals surface area contributed by atoms with E-state index in [1.54, 1.807) is 37.4 Å². The van der Waals surface area contributed by atoms with Crippen molar-refractivity contribution >= 4 is 33.4 Å². The number of carbonyl (C=O) groups excluding carboxylic acids is 1. The highest BCUT2D eigenvalue weighted by Gasteiger charge is 2.53. The number of halogens is 1. The van der Waals surface area contributed by atoms with Crippen molar-refractivity contribution < 1.29 is 24.1 Å². The Hall–Kier alpha value is -4.83. The van der Waals surface area contributed by atoms with E-state index in [4.69, 9.17) is 24.3 Å². The molecule has 1 aliphatic heterocycles. The molecular weight excluding hydrogens is 650 g/mol. The summed E-state index contributed by atoms with van der Waals surface area (Å²) in [5.74, 6) is 1.33. The van der Waals surface area contributed by atoms with E-state index in [2.05, 4.69) is 31.3 Å². The number of nitrogens with one attached hydrogen (secondary N) is 1. The summed E-state index contributed by atoms with van der Waals surface area (Å²) >= 11 is 3.50. The maximum absolute atomic E-state index is 14.5. The first-order chi connectivity index (χ1) is 22.5. The molecule has 0 spiro atoms. The second-order valence-electron chi connectivity index (χ2n) is 10.7. The number of para-hydroxylation sites is 1. The lowest BCUT2D eigenvalue weighted by Gasteiger charge is -2.31. The van der Waals surface area contributed by atoms with Crippen LogP contribution >= 0.6 is 15.9 Å². The minimum absolute atomic E-state index is 0.0445. The maximum atomic E-state index is 14.5. The third-order valence-electron chi connectivity index (χ3n) is 7.66. The number of rotatable bonds is 14. The molecule has 0 aromatic heterocycles. The van der Waals surface area contributed by atoms with Crippen molar-refractivity contribution in [2.75, 3.05) is 26.9 Å². The van der Waals surface area contributed by atoms with E-state index >= 15 is 0 Å². The van der Waals surface area contributed by atoms with Crippen LogP contribution in [0.5, 0.6) is 11.5 Å². The average Bonchev–Trinajstić information content (AvgIpc) is 3.47. The van der Waals surface area contributed by atoms with Gasteiger partial charge < -0.3 is 24.6 Å². The fraction of sp³-hybridized carbons (Fsp3) is 0.257. The predicted molar refractivity (Wildman–Crippen MR) is 180 cm³/mol. The molecule has 2 atom stereocenters. The van der Waals surface area contributed by atoms with E-state index in [1.807, 2.05) is 66.7 Å². The summed E-state index contributed by atoms with van der Waals surface area (Å²) in [5, 5.41) is 16.1. The summed E-state index contributed by atoms with van der Waals surface area (Å²) in [5.41, 5.74) is 11.3. The number of aliphatic hydroxyl groups excluding tert-OH is 1. The number of carbonyl (C=O) groups is 1. The SMILES string of the molecule is COc1ccccc1CCNC(=O)[C@]1(Cc2ccc(Br)cc2)N=C(c2ccc(OCCCO)cc2)O[C@@H]1c1ccccc1N=[N+]=[N-]. The number of amides is 1. The van der Waals surface area contributed by atoms with Crippen molar-refractivity contribution in [1.29, 1.82) is 0 Å². The molecule has 1 amide bonds. The Morgan fingerprint density at radius 1 is 1.07 bits per heavy atom. The molecule has 1 aliphatic rings. The van der Waals surface area contributed by atoms with Gasteiger partial charge in [0, 0.05) is 52.2 Å². The van der Waals surface area contributed by atoms with Crippen molar-refractivity contribution in [3.8, 4) is 11.5 Å². The number of aliphatic hydroxyl groups is 1. The van der Waals surface area contributed by atoms with E-state index in [9.17, 15) is 10.3 Å². The van der Waals surface area contributed by atoms with E-state index in [0.29, 0.717) is 48.6 Å². The van der Waals surface area contributed by atoms with Crippen LogP contribution in [-0.2, 0) is 22.4 Å². The Morgan fingerprint density at radius 3 is 2.54 bits per heavy atom. The zero-order valence-corrected chi connectivity index (χ0v) is 26.9. The maximum Gasteiger partial charge on any atom is 0.252 e. The van der Waals surface area contributed by atoms with Crippen LogP contribution in [0.15, 0.2) is 112 Å². The molecule has 4 aromatic rings. The molecule has 11 heteroatoms. The second kappa shape index (κ2) is 15.4. The Labute approximate surface area is 275 Å². The number of hydrogen-bond acceptors (Lipinski definition) is 7. The van der Waals surface area contributed by atoms with Crippen LogP contribution in [0.3, 0.4) is 0 Å². The van der Waals surface area contributed by atoms with E-state index in [1.165, 1.54) is 0 Å². The molecule has 4 aromatic carbocycles. The number of aliphatic imine (C=N–C) groups is 1. The third kappa shape index (κ3) is 7.51. The van der Waals surface area contributed by atoms with Crippen molar-refractivity contribution in [2.24, 2.45) is 10.1 Å². The molecule has 46 heavy (non-hydrogen) atoms. The number of ether oxygens (including phenoxy) is 3. The molecule has 0 fully saturated rings. The minimum Gasteiger partial charge on any atom is -0.496 e. The summed E-state index contributed by atoms with van der Waals surface area (Å²) in [4.78, 5) is 22.6. The van der Waals surface area contributed by atoms with Gasteiger partial charge in [-0.05, 0) is 65.5 Å². The van der Waals surface area contributed by atoms with Gasteiger partial charge in [-0.2, -0.15) is 0 Å². The first kappa shape index (κ1) is 32.6. The highest BCUT2D eigenvalue weighted by Crippen LogP contribution is 2.45. The van der Waals surface area contributed by atoms with Crippen LogP contribution in [0.25, 0.3) is 10.4 Å². The quantitative estimate of drug-likeness (QED) is 0.0637. The number of azide groups is 1. The van der Waals surface area contributed by atoms with Crippen molar-refractivity contribution in [2.45, 2.75) is 30.9 Å². The monoisotopic (exact) mass is 683 g/mol. The minimum atomic E-state index is -1.46. The Kier molecular flexibility index (Phi) is 10.9. The van der Waals surface area contributed by atoms with Gasteiger partial charge in [0.15, 0.2) is 11.6 Å². The summed E-state index contributed by atoms with van der Waals surface area (Å²) in [7, 11) is 1.62. The number of nitrogens with zero attached hydrogens (tertiary/aromatic N) is 4. The molecular formula is C35H34BrN5O5. The molecule has 10 nitrogen and oxygen atoms in total. The molecule has 0 unspecified atom stereocenters. The predicted octanol–water partition coefficient (Wildman–Crippen LogP) is 7.02. The molecule has 0 aliphatic carbocycles. The smallest absolute Gasteiger partial charge is 0.252 e. The van der Waals surface area contributed by atoms with Gasteiger partial charge in [0.2, 0.25) is 5.90 Å². The van der Waals surface area contributed by atoms with Gasteiger partial charge in [-0.1, -0.05) is 75.6 Å². The number of methoxy groups -OCH3 is 1. The third-order valence-corrected chi connectivity index (χ3v) is 8.19. The molecule has 1 heterocycles. The Morgan fingerprint density at radius 2 is 1.80 bits per heavy atom. The number of benzene rings is 4. The van der Waals surface area contributed by atoms with Crippen LogP contribution < -0.4 is 14.8 Å². The van der Waals surface area contributed by atoms with Gasteiger partial charge >= 0.3 is 0 Å². The standard InChI is InChI=1S/C35H34BrN5O5/c1-44-31-10-5-2-7-25(31)19-20-38-34(43)35(23-24-11-15-27(36)16-12-24)32(29-8-3-4-9-30(29)40-41-37)46-33(39-35)26-13-17-28(18-14-26)45-22-6-21-42/h2-5,7-18,32,42H,6,19-23H2,1H3,(H,38,43)/t32-,35-/m1/s1. The zero-order chi connectivity index (χ0) is 32.4. The summed E-state index contributed by atoms with van der Waals surface area (Å²) < 4.78 is 18.7. The summed E-state index contributed by atoms with van der Waals surface area (Å²) in [6.07, 6.45) is 0.357. The van der Waals surface area contributed by atoms with E-state index < -0.39 is 11.6 Å². The first-order valence-electron chi connectivity index (χ1n) is 14.9. The molecule has 0 bridgehead atoms. The summed E-state index contributed by atoms with van der Waals surface area (Å²) in [6.45, 7) is 0.760. The fourth-order valence-corrected chi connectivity index (χ4v) is 5.66. The first-order valence-corrected chi connectivity index (χ1v) is 15.7. The average molecular weight is 685 g/mol. The lowest BCUT2D eigenvalue weighted by atomic mass is 9.81. The Balaban J connectivity index is 1.56. The fourth-order valence-electron chi connectivity index (χ4n) is 5.39. The van der Waals surface area contributed by atoms with Crippen LogP contribution in [0.1, 0.15) is 34.8 Å². The highest BCUT2D eigenvalue weighted by atomic mass is 79.9. The highest BCUT2D eigenvalue weighted by molar-refractivity contribution is 9.10. The van der Waals surface area contributed by atoms with E-state index in [-0.39, 0.29) is 24.8 Å². The van der Waals surface area contributed by atoms with Crippen LogP contribution in [0.2, 0.25) is 0 Å². The van der Waals surface area contributed by atoms with Gasteiger partial charge in [0.25, 0.3) is 5.91 Å². The van der Waals surface area contributed by atoms with Gasteiger partial charge in [-0.25, -0.2) is 4.99 Å². The number of hydrogen-bond donors (Lipinski definition) is 2. The molecule has 0 saturated carbocycles. The van der Waals surface area contributed by atoms with Gasteiger partial charge in [0.05, 0.1) is 13.7 Å². The lowest BCUT2D eigenvalue weighted by molar-refractivity contribution is -0.128. The van der Waals surface area contributed by atoms with Crippen LogP contribution in [0, 0.1) is 0 Å². The van der Waals surface area contributed by atoms with Crippen molar-refractivity contribution in [3.63, 3.8) is 0 Å². The van der Waals surface area contributed by atoms with Gasteiger partial charge in [0.1, 0.15) is 11.5 Å². The molecule has 2 N–H and O–H groups in total. The van der Waals surface area contributed by atoms with Crippen LogP contribution in [-0.4, -0.2) is 49.3 Å². The Bertz CT molecular complexity index is 1720. The zero-order valence-electron chi connectivity index (χ0n) is 25.3. The largest absolute Gasteiger partial charge is 0.496 e. The lowest BCUT2D eigenvalue weighted by Crippen LogP contribution is -2.50. The molecule has 0 radical (unpaired) electrons. The molecule has 0 saturated heterocycles. The van der Waals surface area contributed by atoms with Gasteiger partial charge in [-0.3, -0.25) is 4.79 Å². The molecule has 236 valence electrons. The topological polar surface area (TPSA) is 138 Å².